The number of halogens is 2. The van der Waals surface area contributed by atoms with Crippen LogP contribution >= 0.6 is 11.6 Å². The Morgan fingerprint density at radius 1 is 1.35 bits per heavy atom. The van der Waals surface area contributed by atoms with Gasteiger partial charge in [-0.1, -0.05) is 17.7 Å². The van der Waals surface area contributed by atoms with Crippen molar-refractivity contribution in [1.82, 2.24) is 4.90 Å². The van der Waals surface area contributed by atoms with Crippen LogP contribution < -0.4 is 0 Å². The number of ether oxygens (including phenoxy) is 1. The fourth-order valence-corrected chi connectivity index (χ4v) is 2.53. The number of hydrogen-bond acceptors (Lipinski definition) is 3. The Bertz CT molecular complexity index is 527. The van der Waals surface area contributed by atoms with Crippen LogP contribution in [0.2, 0.25) is 5.02 Å². The Labute approximate surface area is 121 Å². The van der Waals surface area contributed by atoms with E-state index in [1.54, 1.807) is 4.90 Å². The summed E-state index contributed by atoms with van der Waals surface area (Å²) in [7, 11) is 1.35. The lowest BCUT2D eigenvalue weighted by Gasteiger charge is -2.30. The molecule has 0 atom stereocenters. The zero-order valence-electron chi connectivity index (χ0n) is 11.1. The predicted molar refractivity (Wildman–Crippen MR) is 72.1 cm³/mol. The Morgan fingerprint density at radius 3 is 2.60 bits per heavy atom. The molecule has 108 valence electrons. The van der Waals surface area contributed by atoms with Gasteiger partial charge in [-0.25, -0.2) is 4.39 Å². The molecule has 1 heterocycles. The largest absolute Gasteiger partial charge is 0.469 e. The Kier molecular flexibility index (Phi) is 4.60. The van der Waals surface area contributed by atoms with Crippen molar-refractivity contribution in [2.45, 2.75) is 12.8 Å². The molecule has 0 N–H and O–H groups in total. The first-order chi connectivity index (χ1) is 9.54. The van der Waals surface area contributed by atoms with E-state index in [4.69, 9.17) is 16.3 Å². The number of carbonyl (C=O) groups excluding carboxylic acids is 2. The maximum atomic E-state index is 13.4. The van der Waals surface area contributed by atoms with Gasteiger partial charge in [0.15, 0.2) is 0 Å². The second-order valence-electron chi connectivity index (χ2n) is 4.69. The summed E-state index contributed by atoms with van der Waals surface area (Å²) in [6.07, 6.45) is 1.09. The number of nitrogens with zero attached hydrogens (tertiary/aromatic N) is 1. The van der Waals surface area contributed by atoms with Crippen LogP contribution in [0.4, 0.5) is 4.39 Å². The van der Waals surface area contributed by atoms with Crippen molar-refractivity contribution in [2.75, 3.05) is 20.2 Å². The van der Waals surface area contributed by atoms with Crippen molar-refractivity contribution >= 4 is 23.5 Å². The summed E-state index contributed by atoms with van der Waals surface area (Å²) in [5.41, 5.74) is 0.156. The molecule has 0 spiro atoms. The van der Waals surface area contributed by atoms with Crippen molar-refractivity contribution < 1.29 is 18.7 Å². The maximum Gasteiger partial charge on any atom is 0.308 e. The Morgan fingerprint density at radius 2 is 2.00 bits per heavy atom. The maximum absolute atomic E-state index is 13.4. The van der Waals surface area contributed by atoms with Crippen LogP contribution in [-0.4, -0.2) is 37.0 Å². The zero-order chi connectivity index (χ0) is 14.7. The Balaban J connectivity index is 2.05. The van der Waals surface area contributed by atoms with Gasteiger partial charge in [0.1, 0.15) is 5.82 Å². The first kappa shape index (κ1) is 14.8. The van der Waals surface area contributed by atoms with Gasteiger partial charge < -0.3 is 9.64 Å². The van der Waals surface area contributed by atoms with E-state index in [1.807, 2.05) is 0 Å². The normalized spacial score (nSPS) is 16.1. The highest BCUT2D eigenvalue weighted by molar-refractivity contribution is 6.34. The molecular weight excluding hydrogens is 285 g/mol. The van der Waals surface area contributed by atoms with E-state index in [0.717, 1.165) is 0 Å². The van der Waals surface area contributed by atoms with Crippen molar-refractivity contribution in [3.63, 3.8) is 0 Å². The van der Waals surface area contributed by atoms with Gasteiger partial charge in [0, 0.05) is 13.1 Å². The molecule has 0 bridgehead atoms. The SMILES string of the molecule is COC(=O)C1CCN(C(=O)c2cccc(F)c2Cl)CC1. The standard InChI is InChI=1S/C14H15ClFNO3/c1-20-14(19)9-5-7-17(8-6-9)13(18)10-3-2-4-11(16)12(10)15/h2-4,9H,5-8H2,1H3. The van der Waals surface area contributed by atoms with Crippen LogP contribution in [0.25, 0.3) is 0 Å². The van der Waals surface area contributed by atoms with Crippen LogP contribution in [0, 0.1) is 11.7 Å². The van der Waals surface area contributed by atoms with Gasteiger partial charge in [-0.2, -0.15) is 0 Å². The molecule has 1 fully saturated rings. The number of amides is 1. The number of carbonyl (C=O) groups is 2. The van der Waals surface area contributed by atoms with E-state index in [-0.39, 0.29) is 28.4 Å². The highest BCUT2D eigenvalue weighted by Gasteiger charge is 2.29. The third kappa shape index (κ3) is 2.93. The summed E-state index contributed by atoms with van der Waals surface area (Å²) in [6, 6.07) is 4.17. The third-order valence-electron chi connectivity index (χ3n) is 3.50. The number of hydrogen-bond donors (Lipinski definition) is 0. The minimum Gasteiger partial charge on any atom is -0.469 e. The fourth-order valence-electron chi connectivity index (χ4n) is 2.32. The van der Waals surface area contributed by atoms with Crippen LogP contribution in [0.5, 0.6) is 0 Å². The molecule has 1 aliphatic heterocycles. The van der Waals surface area contributed by atoms with Crippen LogP contribution in [0.1, 0.15) is 23.2 Å². The van der Waals surface area contributed by atoms with E-state index < -0.39 is 5.82 Å². The summed E-state index contributed by atoms with van der Waals surface area (Å²) in [5, 5.41) is -0.160. The Hall–Kier alpha value is -1.62. The van der Waals surface area contributed by atoms with Crippen molar-refractivity contribution in [3.8, 4) is 0 Å². The number of piperidine rings is 1. The quantitative estimate of drug-likeness (QED) is 0.788. The summed E-state index contributed by atoms with van der Waals surface area (Å²) in [5.74, 6) is -1.34. The van der Waals surface area contributed by atoms with Crippen molar-refractivity contribution in [1.29, 1.82) is 0 Å². The molecule has 0 unspecified atom stereocenters. The zero-order valence-corrected chi connectivity index (χ0v) is 11.8. The second kappa shape index (κ2) is 6.22. The molecule has 1 aliphatic rings. The van der Waals surface area contributed by atoms with E-state index in [1.165, 1.54) is 25.3 Å². The molecule has 0 aliphatic carbocycles. The number of methoxy groups -OCH3 is 1. The van der Waals surface area contributed by atoms with Crippen molar-refractivity contribution in [2.24, 2.45) is 5.92 Å². The minimum atomic E-state index is -0.609. The number of esters is 1. The smallest absolute Gasteiger partial charge is 0.308 e. The molecule has 4 nitrogen and oxygen atoms in total. The summed E-state index contributed by atoms with van der Waals surface area (Å²) < 4.78 is 18.0. The van der Waals surface area contributed by atoms with Crippen LogP contribution in [-0.2, 0) is 9.53 Å². The van der Waals surface area contributed by atoms with Gasteiger partial charge in [-0.05, 0) is 25.0 Å². The molecule has 0 radical (unpaired) electrons. The first-order valence-corrected chi connectivity index (χ1v) is 6.73. The van der Waals surface area contributed by atoms with Crippen molar-refractivity contribution in [3.05, 3.63) is 34.6 Å². The lowest BCUT2D eigenvalue weighted by atomic mass is 9.96. The molecule has 0 aromatic heterocycles. The molecule has 6 heteroatoms. The number of likely N-dealkylation sites (tertiary alicyclic amines) is 1. The van der Waals surface area contributed by atoms with Gasteiger partial charge in [-0.15, -0.1) is 0 Å². The van der Waals surface area contributed by atoms with E-state index >= 15 is 0 Å². The highest BCUT2D eigenvalue weighted by atomic mass is 35.5. The van der Waals surface area contributed by atoms with Gasteiger partial charge in [0.05, 0.1) is 23.6 Å². The molecular formula is C14H15ClFNO3. The van der Waals surface area contributed by atoms with Gasteiger partial charge in [0.25, 0.3) is 5.91 Å². The lowest BCUT2D eigenvalue weighted by Crippen LogP contribution is -2.40. The van der Waals surface area contributed by atoms with E-state index in [0.29, 0.717) is 25.9 Å². The second-order valence-corrected chi connectivity index (χ2v) is 5.07. The first-order valence-electron chi connectivity index (χ1n) is 6.35. The molecule has 1 aromatic carbocycles. The molecule has 2 rings (SSSR count). The van der Waals surface area contributed by atoms with Gasteiger partial charge in [-0.3, -0.25) is 9.59 Å². The molecule has 0 saturated carbocycles. The average molecular weight is 300 g/mol. The topological polar surface area (TPSA) is 46.6 Å². The fraction of sp³-hybridized carbons (Fsp3) is 0.429. The third-order valence-corrected chi connectivity index (χ3v) is 3.88. The summed E-state index contributed by atoms with van der Waals surface area (Å²) >= 11 is 5.81. The highest BCUT2D eigenvalue weighted by Crippen LogP contribution is 2.24. The minimum absolute atomic E-state index is 0.156. The molecule has 1 aromatic rings. The average Bonchev–Trinajstić information content (AvgIpc) is 2.48. The molecule has 20 heavy (non-hydrogen) atoms. The molecule has 1 saturated heterocycles. The van der Waals surface area contributed by atoms with Crippen LogP contribution in [0.15, 0.2) is 18.2 Å². The summed E-state index contributed by atoms with van der Waals surface area (Å²) in [4.78, 5) is 25.3. The summed E-state index contributed by atoms with van der Waals surface area (Å²) in [6.45, 7) is 0.872. The van der Waals surface area contributed by atoms with Gasteiger partial charge in [0.2, 0.25) is 0 Å². The van der Waals surface area contributed by atoms with E-state index in [2.05, 4.69) is 0 Å². The monoisotopic (exact) mass is 299 g/mol. The number of rotatable bonds is 2. The van der Waals surface area contributed by atoms with Gasteiger partial charge >= 0.3 is 5.97 Å². The van der Waals surface area contributed by atoms with Crippen LogP contribution in [0.3, 0.4) is 0 Å². The number of benzene rings is 1. The molecule has 1 amide bonds. The lowest BCUT2D eigenvalue weighted by molar-refractivity contribution is -0.146. The van der Waals surface area contributed by atoms with E-state index in [9.17, 15) is 14.0 Å². The predicted octanol–water partition coefficient (Wildman–Crippen LogP) is 2.50.